The Morgan fingerprint density at radius 1 is 1.24 bits per heavy atom. The Morgan fingerprint density at radius 2 is 2.00 bits per heavy atom. The van der Waals surface area contributed by atoms with E-state index in [2.05, 4.69) is 5.32 Å². The van der Waals surface area contributed by atoms with E-state index >= 15 is 0 Å². The van der Waals surface area contributed by atoms with E-state index in [4.69, 9.17) is 9.47 Å². The molecule has 2 aromatic rings. The van der Waals surface area contributed by atoms with Crippen molar-refractivity contribution in [3.05, 3.63) is 59.2 Å². The first-order chi connectivity index (χ1) is 12.0. The minimum atomic E-state index is -0.617. The Morgan fingerprint density at radius 3 is 2.72 bits per heavy atom. The smallest absolute Gasteiger partial charge is 0.226 e. The molecule has 1 N–H and O–H groups in total. The molecule has 3 rings (SSSR count). The molecule has 25 heavy (non-hydrogen) atoms. The quantitative estimate of drug-likeness (QED) is 0.905. The number of hydrogen-bond donors (Lipinski definition) is 1. The fraction of sp³-hybridized carbons (Fsp3) is 0.316. The first-order valence-electron chi connectivity index (χ1n) is 8.07. The van der Waals surface area contributed by atoms with Crippen LogP contribution in [0.15, 0.2) is 36.4 Å². The van der Waals surface area contributed by atoms with Crippen LogP contribution < -0.4 is 14.8 Å². The molecule has 1 aliphatic heterocycles. The maximum Gasteiger partial charge on any atom is 0.226 e. The molecule has 1 heterocycles. The van der Waals surface area contributed by atoms with Gasteiger partial charge in [-0.3, -0.25) is 4.79 Å². The van der Waals surface area contributed by atoms with Crippen LogP contribution in [0.25, 0.3) is 0 Å². The Balaban J connectivity index is 1.53. The lowest BCUT2D eigenvalue weighted by Gasteiger charge is -2.25. The molecule has 132 valence electrons. The average Bonchev–Trinajstić information content (AvgIpc) is 2.59. The topological polar surface area (TPSA) is 47.6 Å². The van der Waals surface area contributed by atoms with E-state index in [0.29, 0.717) is 37.3 Å². The molecule has 1 unspecified atom stereocenters. The first-order valence-corrected chi connectivity index (χ1v) is 8.07. The molecular weight excluding hydrogens is 328 g/mol. The number of ether oxygens (including phenoxy) is 2. The van der Waals surface area contributed by atoms with Crippen LogP contribution in [0.4, 0.5) is 8.78 Å². The summed E-state index contributed by atoms with van der Waals surface area (Å²) in [6.07, 6.45) is 0.946. The predicted octanol–water partition coefficient (Wildman–Crippen LogP) is 2.88. The summed E-state index contributed by atoms with van der Waals surface area (Å²) >= 11 is 0. The van der Waals surface area contributed by atoms with Crippen molar-refractivity contribution in [2.45, 2.75) is 12.8 Å². The van der Waals surface area contributed by atoms with Crippen molar-refractivity contribution in [2.24, 2.45) is 5.92 Å². The second kappa shape index (κ2) is 7.51. The predicted molar refractivity (Wildman–Crippen MR) is 88.8 cm³/mol. The molecule has 0 bridgehead atoms. The number of hydrogen-bond acceptors (Lipinski definition) is 3. The highest BCUT2D eigenvalue weighted by Gasteiger charge is 2.26. The van der Waals surface area contributed by atoms with Gasteiger partial charge in [-0.2, -0.15) is 0 Å². The Kier molecular flexibility index (Phi) is 5.16. The molecule has 0 radical (unpaired) electrons. The summed E-state index contributed by atoms with van der Waals surface area (Å²) in [5, 5.41) is 2.80. The lowest BCUT2D eigenvalue weighted by atomic mass is 9.96. The summed E-state index contributed by atoms with van der Waals surface area (Å²) in [6, 6.07) is 8.89. The van der Waals surface area contributed by atoms with Gasteiger partial charge in [0.2, 0.25) is 5.91 Å². The Bertz CT molecular complexity index is 759. The minimum absolute atomic E-state index is 0.127. The van der Waals surface area contributed by atoms with Gasteiger partial charge in [0.15, 0.2) is 0 Å². The van der Waals surface area contributed by atoms with Gasteiger partial charge in [0, 0.05) is 18.7 Å². The number of halogens is 2. The van der Waals surface area contributed by atoms with Crippen LogP contribution in [0, 0.1) is 17.6 Å². The molecular formula is C19H19F2NO3. The average molecular weight is 347 g/mol. The molecule has 2 aromatic carbocycles. The number of fused-ring (bicyclic) bond motifs is 1. The van der Waals surface area contributed by atoms with Gasteiger partial charge in [-0.05, 0) is 42.2 Å². The second-order valence-corrected chi connectivity index (χ2v) is 6.00. The molecule has 1 amide bonds. The van der Waals surface area contributed by atoms with Crippen LogP contribution >= 0.6 is 0 Å². The first kappa shape index (κ1) is 17.2. The van der Waals surface area contributed by atoms with Crippen molar-refractivity contribution in [2.75, 3.05) is 20.3 Å². The van der Waals surface area contributed by atoms with Crippen LogP contribution in [0.5, 0.6) is 11.5 Å². The molecule has 1 atom stereocenters. The summed E-state index contributed by atoms with van der Waals surface area (Å²) in [4.78, 5) is 12.3. The third kappa shape index (κ3) is 4.26. The van der Waals surface area contributed by atoms with Crippen LogP contribution in [0.2, 0.25) is 0 Å². The number of nitrogens with one attached hydrogen (secondary N) is 1. The lowest BCUT2D eigenvalue weighted by molar-refractivity contribution is -0.126. The van der Waals surface area contributed by atoms with Crippen molar-refractivity contribution < 1.29 is 23.0 Å². The highest BCUT2D eigenvalue weighted by Crippen LogP contribution is 2.31. The molecule has 0 saturated carbocycles. The van der Waals surface area contributed by atoms with Crippen molar-refractivity contribution in [1.29, 1.82) is 0 Å². The van der Waals surface area contributed by atoms with Gasteiger partial charge in [0.1, 0.15) is 29.7 Å². The fourth-order valence-electron chi connectivity index (χ4n) is 2.88. The van der Waals surface area contributed by atoms with E-state index in [1.54, 1.807) is 7.11 Å². The normalized spacial score (nSPS) is 15.9. The number of rotatable bonds is 5. The summed E-state index contributed by atoms with van der Waals surface area (Å²) in [5.41, 5.74) is 1.47. The highest BCUT2D eigenvalue weighted by atomic mass is 19.1. The van der Waals surface area contributed by atoms with Crippen LogP contribution in [0.3, 0.4) is 0 Å². The molecule has 0 aromatic heterocycles. The molecule has 0 saturated heterocycles. The lowest BCUT2D eigenvalue weighted by Crippen LogP contribution is -2.38. The molecule has 6 heteroatoms. The van der Waals surface area contributed by atoms with Gasteiger partial charge in [-0.25, -0.2) is 8.78 Å². The number of carbonyl (C=O) groups excluding carboxylic acids is 1. The zero-order valence-corrected chi connectivity index (χ0v) is 13.9. The summed E-state index contributed by atoms with van der Waals surface area (Å²) in [6.45, 7) is 0.605. The van der Waals surface area contributed by atoms with Crippen molar-refractivity contribution >= 4 is 5.91 Å². The van der Waals surface area contributed by atoms with Crippen molar-refractivity contribution in [3.8, 4) is 11.5 Å². The highest BCUT2D eigenvalue weighted by molar-refractivity contribution is 5.79. The van der Waals surface area contributed by atoms with Gasteiger partial charge in [0.05, 0.1) is 13.0 Å². The van der Waals surface area contributed by atoms with Crippen molar-refractivity contribution in [3.63, 3.8) is 0 Å². The number of methoxy groups -OCH3 is 1. The van der Waals surface area contributed by atoms with Crippen LogP contribution in [-0.4, -0.2) is 26.2 Å². The largest absolute Gasteiger partial charge is 0.497 e. The van der Waals surface area contributed by atoms with E-state index < -0.39 is 11.6 Å². The monoisotopic (exact) mass is 347 g/mol. The number of benzene rings is 2. The molecule has 0 spiro atoms. The summed E-state index contributed by atoms with van der Waals surface area (Å²) < 4.78 is 37.1. The minimum Gasteiger partial charge on any atom is -0.497 e. The number of carbonyl (C=O) groups is 1. The van der Waals surface area contributed by atoms with E-state index in [1.165, 1.54) is 12.1 Å². The second-order valence-electron chi connectivity index (χ2n) is 6.00. The van der Waals surface area contributed by atoms with Gasteiger partial charge in [-0.1, -0.05) is 6.07 Å². The third-order valence-electron chi connectivity index (χ3n) is 4.19. The summed E-state index contributed by atoms with van der Waals surface area (Å²) in [7, 11) is 1.59. The van der Waals surface area contributed by atoms with Crippen LogP contribution in [0.1, 0.15) is 11.1 Å². The van der Waals surface area contributed by atoms with Crippen molar-refractivity contribution in [1.82, 2.24) is 5.32 Å². The SMILES string of the molecule is COc1ccc2c(c1)OCC(C(=O)NCCc1cc(F)cc(F)c1)C2. The summed E-state index contributed by atoms with van der Waals surface area (Å²) in [5.74, 6) is -0.200. The molecule has 0 fully saturated rings. The molecule has 4 nitrogen and oxygen atoms in total. The third-order valence-corrected chi connectivity index (χ3v) is 4.19. The van der Waals surface area contributed by atoms with Gasteiger partial charge >= 0.3 is 0 Å². The van der Waals surface area contributed by atoms with Gasteiger partial charge < -0.3 is 14.8 Å². The van der Waals surface area contributed by atoms with E-state index in [1.807, 2.05) is 18.2 Å². The van der Waals surface area contributed by atoms with E-state index in [-0.39, 0.29) is 11.8 Å². The molecule has 0 aliphatic carbocycles. The van der Waals surface area contributed by atoms with Crippen LogP contribution in [-0.2, 0) is 17.6 Å². The zero-order valence-electron chi connectivity index (χ0n) is 13.9. The van der Waals surface area contributed by atoms with Gasteiger partial charge in [0.25, 0.3) is 0 Å². The Labute approximate surface area is 144 Å². The maximum atomic E-state index is 13.1. The van der Waals surface area contributed by atoms with E-state index in [0.717, 1.165) is 17.4 Å². The number of amides is 1. The zero-order chi connectivity index (χ0) is 17.8. The van der Waals surface area contributed by atoms with Gasteiger partial charge in [-0.15, -0.1) is 0 Å². The Hall–Kier alpha value is -2.63. The maximum absolute atomic E-state index is 13.1. The molecule has 1 aliphatic rings. The van der Waals surface area contributed by atoms with E-state index in [9.17, 15) is 13.6 Å². The standard InChI is InChI=1S/C19H19F2NO3/c1-24-17-3-2-13-8-14(11-25-18(13)10-17)19(23)22-5-4-12-6-15(20)9-16(21)7-12/h2-3,6-7,9-10,14H,4-5,8,11H2,1H3,(H,22,23). The fourth-order valence-corrected chi connectivity index (χ4v) is 2.88.